The minimum absolute atomic E-state index is 0.107. The van der Waals surface area contributed by atoms with Crippen molar-refractivity contribution < 1.29 is 17.9 Å². The van der Waals surface area contributed by atoms with E-state index in [4.69, 9.17) is 16.3 Å². The van der Waals surface area contributed by atoms with Gasteiger partial charge in [0.1, 0.15) is 5.75 Å². The average Bonchev–Trinajstić information content (AvgIpc) is 2.66. The molecule has 4 saturated carbocycles. The van der Waals surface area contributed by atoms with Crippen LogP contribution in [0.3, 0.4) is 0 Å². The lowest BCUT2D eigenvalue weighted by atomic mass is 9.48. The second-order valence-corrected chi connectivity index (χ2v) is 9.71. The maximum Gasteiger partial charge on any atom is 0.417 e. The first-order valence-electron chi connectivity index (χ1n) is 10.3. The summed E-state index contributed by atoms with van der Waals surface area (Å²) in [6.45, 7) is 0. The van der Waals surface area contributed by atoms with Crippen LogP contribution < -0.4 is 4.74 Å². The molecule has 0 radical (unpaired) electrons. The molecule has 2 aromatic rings. The van der Waals surface area contributed by atoms with E-state index in [0.717, 1.165) is 35.1 Å². The van der Waals surface area contributed by atoms with Gasteiger partial charge in [0.05, 0.1) is 17.7 Å². The molecule has 2 aromatic carbocycles. The van der Waals surface area contributed by atoms with E-state index >= 15 is 0 Å². The summed E-state index contributed by atoms with van der Waals surface area (Å²) >= 11 is 5.82. The third-order valence-corrected chi connectivity index (χ3v) is 7.74. The number of hydrogen-bond acceptors (Lipinski definition) is 1. The zero-order chi connectivity index (χ0) is 20.4. The Morgan fingerprint density at radius 2 is 1.45 bits per heavy atom. The molecular formula is C24H24ClF3O. The molecule has 154 valence electrons. The summed E-state index contributed by atoms with van der Waals surface area (Å²) in [5.74, 6) is 3.20. The van der Waals surface area contributed by atoms with Crippen LogP contribution in [-0.4, -0.2) is 7.11 Å². The Balaban J connectivity index is 1.60. The fourth-order valence-electron chi connectivity index (χ4n) is 6.66. The molecule has 0 heterocycles. The quantitative estimate of drug-likeness (QED) is 0.499. The molecule has 0 N–H and O–H groups in total. The Morgan fingerprint density at radius 1 is 0.897 bits per heavy atom. The van der Waals surface area contributed by atoms with Crippen LogP contribution in [-0.2, 0) is 11.6 Å². The highest BCUT2D eigenvalue weighted by molar-refractivity contribution is 6.31. The van der Waals surface area contributed by atoms with Gasteiger partial charge in [0.2, 0.25) is 0 Å². The number of ether oxygens (including phenoxy) is 1. The van der Waals surface area contributed by atoms with Crippen molar-refractivity contribution in [3.05, 3.63) is 52.5 Å². The summed E-state index contributed by atoms with van der Waals surface area (Å²) < 4.78 is 45.8. The number of hydrogen-bond donors (Lipinski definition) is 0. The van der Waals surface area contributed by atoms with Gasteiger partial charge in [-0.1, -0.05) is 23.7 Å². The molecule has 4 aliphatic rings. The number of rotatable bonds is 3. The maximum atomic E-state index is 13.3. The third-order valence-electron chi connectivity index (χ3n) is 7.41. The van der Waals surface area contributed by atoms with Crippen LogP contribution in [0, 0.1) is 17.8 Å². The summed E-state index contributed by atoms with van der Waals surface area (Å²) in [6, 6.07) is 10.0. The van der Waals surface area contributed by atoms with E-state index in [0.29, 0.717) is 5.56 Å². The molecule has 0 aliphatic heterocycles. The molecule has 0 atom stereocenters. The van der Waals surface area contributed by atoms with Crippen LogP contribution in [0.1, 0.15) is 49.7 Å². The summed E-state index contributed by atoms with van der Waals surface area (Å²) in [6.07, 6.45) is 3.07. The van der Waals surface area contributed by atoms with Crippen molar-refractivity contribution in [1.29, 1.82) is 0 Å². The minimum atomic E-state index is -4.47. The average molecular weight is 421 g/mol. The highest BCUT2D eigenvalue weighted by atomic mass is 35.5. The fourth-order valence-corrected chi connectivity index (χ4v) is 6.89. The first-order chi connectivity index (χ1) is 13.8. The summed E-state index contributed by atoms with van der Waals surface area (Å²) in [4.78, 5) is 0. The smallest absolute Gasteiger partial charge is 0.417 e. The topological polar surface area (TPSA) is 9.23 Å². The van der Waals surface area contributed by atoms with Gasteiger partial charge in [-0.3, -0.25) is 0 Å². The molecule has 6 rings (SSSR count). The van der Waals surface area contributed by atoms with Gasteiger partial charge in [-0.15, -0.1) is 0 Å². The maximum absolute atomic E-state index is 13.3. The molecular weight excluding hydrogens is 397 g/mol. The van der Waals surface area contributed by atoms with E-state index in [9.17, 15) is 13.2 Å². The van der Waals surface area contributed by atoms with Gasteiger partial charge in [-0.05, 0) is 97.1 Å². The van der Waals surface area contributed by atoms with Gasteiger partial charge in [0.15, 0.2) is 0 Å². The summed E-state index contributed by atoms with van der Waals surface area (Å²) in [7, 11) is 1.68. The molecule has 0 unspecified atom stereocenters. The normalized spacial score (nSPS) is 30.6. The van der Waals surface area contributed by atoms with Crippen LogP contribution in [0.5, 0.6) is 5.75 Å². The second kappa shape index (κ2) is 6.66. The van der Waals surface area contributed by atoms with Crippen molar-refractivity contribution in [3.8, 4) is 16.9 Å². The largest absolute Gasteiger partial charge is 0.496 e. The van der Waals surface area contributed by atoms with E-state index in [1.54, 1.807) is 13.2 Å². The number of halogens is 4. The number of alkyl halides is 3. The van der Waals surface area contributed by atoms with Crippen molar-refractivity contribution in [2.75, 3.05) is 7.11 Å². The molecule has 0 aromatic heterocycles. The highest BCUT2D eigenvalue weighted by Gasteiger charge is 2.52. The molecule has 0 spiro atoms. The molecule has 4 bridgehead atoms. The summed E-state index contributed by atoms with van der Waals surface area (Å²) in [5, 5.41) is -0.268. The van der Waals surface area contributed by atoms with Gasteiger partial charge < -0.3 is 4.74 Å². The zero-order valence-corrected chi connectivity index (χ0v) is 17.1. The zero-order valence-electron chi connectivity index (χ0n) is 16.4. The lowest BCUT2D eigenvalue weighted by Gasteiger charge is -2.57. The predicted octanol–water partition coefficient (Wildman–Crippen LogP) is 7.50. The van der Waals surface area contributed by atoms with Gasteiger partial charge in [-0.2, -0.15) is 13.2 Å². The van der Waals surface area contributed by atoms with Crippen LogP contribution in [0.15, 0.2) is 36.4 Å². The van der Waals surface area contributed by atoms with Gasteiger partial charge in [0.25, 0.3) is 0 Å². The van der Waals surface area contributed by atoms with Gasteiger partial charge in [0, 0.05) is 5.56 Å². The van der Waals surface area contributed by atoms with E-state index in [2.05, 4.69) is 6.07 Å². The Kier molecular flexibility index (Phi) is 4.43. The fraction of sp³-hybridized carbons (Fsp3) is 0.500. The van der Waals surface area contributed by atoms with E-state index < -0.39 is 11.7 Å². The van der Waals surface area contributed by atoms with Crippen molar-refractivity contribution in [2.45, 2.75) is 50.1 Å². The number of methoxy groups -OCH3 is 1. The van der Waals surface area contributed by atoms with Crippen molar-refractivity contribution in [1.82, 2.24) is 0 Å². The van der Waals surface area contributed by atoms with Gasteiger partial charge in [-0.25, -0.2) is 0 Å². The molecule has 4 aliphatic carbocycles. The Hall–Kier alpha value is -1.68. The Bertz CT molecular complexity index is 914. The summed E-state index contributed by atoms with van der Waals surface area (Å²) in [5.41, 5.74) is 1.83. The van der Waals surface area contributed by atoms with Crippen molar-refractivity contribution >= 4 is 11.6 Å². The SMILES string of the molecule is COc1ccc(-c2ccc(Cl)c(C(F)(F)F)c2)cc1C12CC3CC(CC(C3)C1)C2. The Labute approximate surface area is 174 Å². The van der Waals surface area contributed by atoms with Crippen LogP contribution >= 0.6 is 11.6 Å². The highest BCUT2D eigenvalue weighted by Crippen LogP contribution is 2.62. The molecule has 29 heavy (non-hydrogen) atoms. The second-order valence-electron chi connectivity index (χ2n) is 9.31. The molecule has 0 amide bonds. The van der Waals surface area contributed by atoms with Crippen LogP contribution in [0.25, 0.3) is 11.1 Å². The minimum Gasteiger partial charge on any atom is -0.496 e. The van der Waals surface area contributed by atoms with E-state index in [-0.39, 0.29) is 10.4 Å². The Morgan fingerprint density at radius 3 is 2.00 bits per heavy atom. The van der Waals surface area contributed by atoms with Crippen molar-refractivity contribution in [3.63, 3.8) is 0 Å². The standard InChI is InChI=1S/C24H24ClF3O/c1-29-22-5-3-18(17-2-4-21(25)19(9-17)24(26,27)28)10-20(22)23-11-14-6-15(12-23)8-16(7-14)13-23/h2-5,9-10,14-16H,6-8,11-13H2,1H3. The van der Waals surface area contributed by atoms with Crippen LogP contribution in [0.2, 0.25) is 5.02 Å². The molecule has 1 nitrogen and oxygen atoms in total. The number of benzene rings is 2. The lowest BCUT2D eigenvalue weighted by Crippen LogP contribution is -2.48. The molecule has 0 saturated heterocycles. The van der Waals surface area contributed by atoms with Crippen LogP contribution in [0.4, 0.5) is 13.2 Å². The third kappa shape index (κ3) is 3.24. The first kappa shape index (κ1) is 19.3. The van der Waals surface area contributed by atoms with E-state index in [1.807, 2.05) is 12.1 Å². The lowest BCUT2D eigenvalue weighted by molar-refractivity contribution is -0.137. The van der Waals surface area contributed by atoms with E-state index in [1.165, 1.54) is 50.2 Å². The molecule has 4 fully saturated rings. The van der Waals surface area contributed by atoms with Crippen molar-refractivity contribution in [2.24, 2.45) is 17.8 Å². The monoisotopic (exact) mass is 420 g/mol. The predicted molar refractivity (Wildman–Crippen MR) is 108 cm³/mol. The van der Waals surface area contributed by atoms with Gasteiger partial charge >= 0.3 is 6.18 Å². The molecule has 5 heteroatoms. The first-order valence-corrected chi connectivity index (χ1v) is 10.7.